The van der Waals surface area contributed by atoms with Gasteiger partial charge in [-0.15, -0.1) is 0 Å². The molecule has 0 unspecified atom stereocenters. The van der Waals surface area contributed by atoms with Crippen molar-refractivity contribution in [3.05, 3.63) is 29.8 Å². The summed E-state index contributed by atoms with van der Waals surface area (Å²) in [6, 6.07) is 7.25. The number of hydrogen-bond donors (Lipinski definition) is 1. The summed E-state index contributed by atoms with van der Waals surface area (Å²) in [5.41, 5.74) is 1.49. The maximum atomic E-state index is 12.7. The summed E-state index contributed by atoms with van der Waals surface area (Å²) in [5.74, 6) is 1.96. The number of benzene rings is 1. The van der Waals surface area contributed by atoms with E-state index < -0.39 is 0 Å². The monoisotopic (exact) mass is 315 g/mol. The Bertz CT molecular complexity index is 547. The molecule has 1 aliphatic rings. The number of hydrogen-bond acceptors (Lipinski definition) is 2. The van der Waals surface area contributed by atoms with Gasteiger partial charge < -0.3 is 5.32 Å². The Kier molecular flexibility index (Phi) is 5.97. The molecule has 1 fully saturated rings. The van der Waals surface area contributed by atoms with E-state index in [0.29, 0.717) is 29.7 Å². The second-order valence-electron chi connectivity index (χ2n) is 7.28. The van der Waals surface area contributed by atoms with Crippen LogP contribution in [-0.4, -0.2) is 11.7 Å². The first-order valence-corrected chi connectivity index (χ1v) is 8.86. The largest absolute Gasteiger partial charge is 0.326 e. The second-order valence-corrected chi connectivity index (χ2v) is 7.28. The number of anilines is 1. The third-order valence-electron chi connectivity index (χ3n) is 5.15. The van der Waals surface area contributed by atoms with Crippen molar-refractivity contribution >= 4 is 17.4 Å². The average molecular weight is 315 g/mol. The highest BCUT2D eigenvalue weighted by Crippen LogP contribution is 2.38. The molecular weight excluding hydrogens is 286 g/mol. The topological polar surface area (TPSA) is 46.2 Å². The van der Waals surface area contributed by atoms with Crippen molar-refractivity contribution in [1.82, 2.24) is 0 Å². The molecule has 1 amide bonds. The van der Waals surface area contributed by atoms with Crippen LogP contribution < -0.4 is 5.32 Å². The molecule has 0 aromatic heterocycles. The lowest BCUT2D eigenvalue weighted by Crippen LogP contribution is -2.36. The molecule has 3 nitrogen and oxygen atoms in total. The van der Waals surface area contributed by atoms with Crippen molar-refractivity contribution in [1.29, 1.82) is 0 Å². The van der Waals surface area contributed by atoms with Gasteiger partial charge in [-0.3, -0.25) is 9.59 Å². The van der Waals surface area contributed by atoms with Gasteiger partial charge in [0.15, 0.2) is 5.78 Å². The SMILES string of the molecule is CCC(=O)c1ccc(NC(=O)[C@@H]2C[C@H](C)CC[C@H]2C(C)C)cc1. The number of carbonyl (C=O) groups is 2. The Morgan fingerprint density at radius 2 is 1.83 bits per heavy atom. The Labute approximate surface area is 139 Å². The molecule has 126 valence electrons. The average Bonchev–Trinajstić information content (AvgIpc) is 2.54. The summed E-state index contributed by atoms with van der Waals surface area (Å²) >= 11 is 0. The van der Waals surface area contributed by atoms with Crippen molar-refractivity contribution in [2.75, 3.05) is 5.32 Å². The molecule has 1 N–H and O–H groups in total. The number of Topliss-reactive ketones (excluding diaryl/α,β-unsaturated/α-hetero) is 1. The number of ketones is 1. The Hall–Kier alpha value is -1.64. The minimum absolute atomic E-state index is 0.0932. The lowest BCUT2D eigenvalue weighted by atomic mass is 9.70. The summed E-state index contributed by atoms with van der Waals surface area (Å²) in [5, 5.41) is 3.05. The zero-order valence-electron chi connectivity index (χ0n) is 14.8. The minimum atomic E-state index is 0.0932. The predicted molar refractivity (Wildman–Crippen MR) is 94.5 cm³/mol. The van der Waals surface area contributed by atoms with E-state index >= 15 is 0 Å². The van der Waals surface area contributed by atoms with Gasteiger partial charge in [0.05, 0.1) is 0 Å². The van der Waals surface area contributed by atoms with E-state index in [1.165, 1.54) is 6.42 Å². The molecule has 1 saturated carbocycles. The highest BCUT2D eigenvalue weighted by atomic mass is 16.2. The van der Waals surface area contributed by atoms with Crippen molar-refractivity contribution in [2.45, 2.75) is 53.4 Å². The second kappa shape index (κ2) is 7.76. The van der Waals surface area contributed by atoms with Crippen molar-refractivity contribution in [3.8, 4) is 0 Å². The van der Waals surface area contributed by atoms with Gasteiger partial charge in [-0.1, -0.05) is 34.1 Å². The molecule has 0 heterocycles. The number of nitrogens with one attached hydrogen (secondary N) is 1. The number of amides is 1. The van der Waals surface area contributed by atoms with Crippen LogP contribution in [0.2, 0.25) is 0 Å². The third-order valence-corrected chi connectivity index (χ3v) is 5.15. The van der Waals surface area contributed by atoms with Gasteiger partial charge in [-0.2, -0.15) is 0 Å². The molecule has 0 aliphatic heterocycles. The molecule has 0 bridgehead atoms. The Balaban J connectivity index is 2.06. The fourth-order valence-corrected chi connectivity index (χ4v) is 3.68. The predicted octanol–water partition coefficient (Wildman–Crippen LogP) is 4.93. The first-order chi connectivity index (χ1) is 10.9. The number of carbonyl (C=O) groups excluding carboxylic acids is 2. The van der Waals surface area contributed by atoms with Crippen LogP contribution >= 0.6 is 0 Å². The van der Waals surface area contributed by atoms with Gasteiger partial charge in [-0.25, -0.2) is 0 Å². The summed E-state index contributed by atoms with van der Waals surface area (Å²) < 4.78 is 0. The molecular formula is C20H29NO2. The van der Waals surface area contributed by atoms with Crippen LogP contribution in [0.4, 0.5) is 5.69 Å². The highest BCUT2D eigenvalue weighted by Gasteiger charge is 2.35. The summed E-state index contributed by atoms with van der Waals surface area (Å²) in [7, 11) is 0. The van der Waals surface area contributed by atoms with Crippen molar-refractivity contribution in [2.24, 2.45) is 23.7 Å². The molecule has 0 radical (unpaired) electrons. The van der Waals surface area contributed by atoms with Gasteiger partial charge in [-0.05, 0) is 54.9 Å². The molecule has 0 spiro atoms. The van der Waals surface area contributed by atoms with Crippen molar-refractivity contribution < 1.29 is 9.59 Å². The Morgan fingerprint density at radius 3 is 2.39 bits per heavy atom. The van der Waals surface area contributed by atoms with Crippen LogP contribution in [0.3, 0.4) is 0 Å². The van der Waals surface area contributed by atoms with Gasteiger partial charge in [0.2, 0.25) is 5.91 Å². The van der Waals surface area contributed by atoms with Gasteiger partial charge in [0, 0.05) is 23.6 Å². The first kappa shape index (κ1) is 17.7. The van der Waals surface area contributed by atoms with Crippen LogP contribution in [0.1, 0.15) is 63.7 Å². The maximum absolute atomic E-state index is 12.7. The normalized spacial score (nSPS) is 24.5. The third kappa shape index (κ3) is 4.43. The van der Waals surface area contributed by atoms with E-state index in [1.54, 1.807) is 12.1 Å². The van der Waals surface area contributed by atoms with Crippen LogP contribution in [0.15, 0.2) is 24.3 Å². The first-order valence-electron chi connectivity index (χ1n) is 8.86. The molecule has 3 atom stereocenters. The number of rotatable bonds is 5. The maximum Gasteiger partial charge on any atom is 0.227 e. The van der Waals surface area contributed by atoms with Crippen LogP contribution in [0.25, 0.3) is 0 Å². The highest BCUT2D eigenvalue weighted by molar-refractivity contribution is 5.97. The Morgan fingerprint density at radius 1 is 1.17 bits per heavy atom. The quantitative estimate of drug-likeness (QED) is 0.783. The van der Waals surface area contributed by atoms with Gasteiger partial charge >= 0.3 is 0 Å². The summed E-state index contributed by atoms with van der Waals surface area (Å²) in [6.45, 7) is 8.52. The lowest BCUT2D eigenvalue weighted by molar-refractivity contribution is -0.123. The zero-order chi connectivity index (χ0) is 17.0. The van der Waals surface area contributed by atoms with E-state index in [2.05, 4.69) is 26.1 Å². The fraction of sp³-hybridized carbons (Fsp3) is 0.600. The van der Waals surface area contributed by atoms with E-state index in [1.807, 2.05) is 19.1 Å². The van der Waals surface area contributed by atoms with Crippen LogP contribution in [0, 0.1) is 23.7 Å². The van der Waals surface area contributed by atoms with Gasteiger partial charge in [0.1, 0.15) is 0 Å². The fourth-order valence-electron chi connectivity index (χ4n) is 3.68. The summed E-state index contributed by atoms with van der Waals surface area (Å²) in [4.78, 5) is 24.4. The molecule has 1 aliphatic carbocycles. The molecule has 1 aromatic carbocycles. The minimum Gasteiger partial charge on any atom is -0.326 e. The zero-order valence-corrected chi connectivity index (χ0v) is 14.8. The summed E-state index contributed by atoms with van der Waals surface area (Å²) in [6.07, 6.45) is 3.84. The standard InChI is InChI=1S/C20H29NO2/c1-5-19(22)15-7-9-16(10-8-15)21-20(23)18-12-14(4)6-11-17(18)13(2)3/h7-10,13-14,17-18H,5-6,11-12H2,1-4H3,(H,21,23)/t14-,17+,18-/m1/s1. The van der Waals surface area contributed by atoms with E-state index in [0.717, 1.165) is 18.5 Å². The van der Waals surface area contributed by atoms with E-state index in [-0.39, 0.29) is 17.6 Å². The van der Waals surface area contributed by atoms with Crippen molar-refractivity contribution in [3.63, 3.8) is 0 Å². The molecule has 23 heavy (non-hydrogen) atoms. The van der Waals surface area contributed by atoms with Crippen LogP contribution in [0.5, 0.6) is 0 Å². The molecule has 2 rings (SSSR count). The van der Waals surface area contributed by atoms with Gasteiger partial charge in [0.25, 0.3) is 0 Å². The lowest BCUT2D eigenvalue weighted by Gasteiger charge is -2.36. The van der Waals surface area contributed by atoms with Crippen LogP contribution in [-0.2, 0) is 4.79 Å². The molecule has 3 heteroatoms. The molecule has 1 aromatic rings. The smallest absolute Gasteiger partial charge is 0.227 e. The van der Waals surface area contributed by atoms with E-state index in [4.69, 9.17) is 0 Å². The van der Waals surface area contributed by atoms with E-state index in [9.17, 15) is 9.59 Å². The molecule has 0 saturated heterocycles.